The molecule has 0 aromatic heterocycles. The van der Waals surface area contributed by atoms with Crippen molar-refractivity contribution < 1.29 is 9.84 Å². The van der Waals surface area contributed by atoms with Gasteiger partial charge in [-0.05, 0) is 25.5 Å². The number of hydrogen-bond acceptors (Lipinski definition) is 4. The van der Waals surface area contributed by atoms with Crippen molar-refractivity contribution in [2.75, 3.05) is 20.3 Å². The zero-order chi connectivity index (χ0) is 13.4. The van der Waals surface area contributed by atoms with Gasteiger partial charge >= 0.3 is 0 Å². The van der Waals surface area contributed by atoms with Crippen LogP contribution in [-0.4, -0.2) is 37.5 Å². The maximum atomic E-state index is 9.67. The molecule has 1 aromatic carbocycles. The average Bonchev–Trinajstić information content (AvgIpc) is 2.39. The second kappa shape index (κ2) is 8.21. The predicted molar refractivity (Wildman–Crippen MR) is 73.3 cm³/mol. The summed E-state index contributed by atoms with van der Waals surface area (Å²) >= 11 is 0. The molecule has 1 rings (SSSR count). The summed E-state index contributed by atoms with van der Waals surface area (Å²) < 4.78 is 5.02. The van der Waals surface area contributed by atoms with Crippen LogP contribution in [0.25, 0.3) is 0 Å². The molecule has 0 saturated carbocycles. The van der Waals surface area contributed by atoms with Crippen molar-refractivity contribution in [1.82, 2.24) is 5.32 Å². The molecule has 0 saturated heterocycles. The van der Waals surface area contributed by atoms with Gasteiger partial charge in [-0.25, -0.2) is 0 Å². The number of aliphatic hydroxyl groups excluding tert-OH is 1. The van der Waals surface area contributed by atoms with Gasteiger partial charge in [-0.3, -0.25) is 0 Å². The van der Waals surface area contributed by atoms with Crippen molar-refractivity contribution in [3.63, 3.8) is 0 Å². The Kier molecular flexibility index (Phi) is 6.90. The number of hydrogen-bond donors (Lipinski definition) is 3. The molecule has 0 amide bonds. The quantitative estimate of drug-likeness (QED) is 0.605. The summed E-state index contributed by atoms with van der Waals surface area (Å²) in [5.41, 5.74) is 7.16. The van der Waals surface area contributed by atoms with Gasteiger partial charge in [-0.1, -0.05) is 30.3 Å². The van der Waals surface area contributed by atoms with Crippen LogP contribution >= 0.6 is 0 Å². The highest BCUT2D eigenvalue weighted by Crippen LogP contribution is 2.17. The summed E-state index contributed by atoms with van der Waals surface area (Å²) in [6.07, 6.45) is 0.372. The second-order valence-electron chi connectivity index (χ2n) is 4.51. The largest absolute Gasteiger partial charge is 0.392 e. The first-order valence-electron chi connectivity index (χ1n) is 6.37. The Morgan fingerprint density at radius 1 is 1.33 bits per heavy atom. The maximum absolute atomic E-state index is 9.67. The summed E-state index contributed by atoms with van der Waals surface area (Å²) in [7, 11) is 1.69. The Morgan fingerprint density at radius 2 is 2.00 bits per heavy atom. The van der Waals surface area contributed by atoms with E-state index >= 15 is 0 Å². The lowest BCUT2D eigenvalue weighted by Gasteiger charge is -2.27. The van der Waals surface area contributed by atoms with E-state index in [0.717, 1.165) is 25.1 Å². The highest BCUT2D eigenvalue weighted by atomic mass is 16.5. The first kappa shape index (κ1) is 15.1. The van der Waals surface area contributed by atoms with Crippen LogP contribution in [0.15, 0.2) is 30.3 Å². The standard InChI is InChI=1S/C14H24N2O2/c1-11(17)13(15)14(16-9-6-10-18-2)12-7-4-3-5-8-12/h3-5,7-8,11,13-14,16-17H,6,9-10,15H2,1-2H3/t11-,13-,14?/m1/s1. The third-order valence-electron chi connectivity index (χ3n) is 2.99. The van der Waals surface area contributed by atoms with Crippen LogP contribution in [0.5, 0.6) is 0 Å². The molecule has 102 valence electrons. The number of nitrogens with two attached hydrogens (primary N) is 1. The topological polar surface area (TPSA) is 67.5 Å². The van der Waals surface area contributed by atoms with E-state index in [1.54, 1.807) is 14.0 Å². The lowest BCUT2D eigenvalue weighted by molar-refractivity contribution is 0.140. The fourth-order valence-electron chi connectivity index (χ4n) is 1.89. The second-order valence-corrected chi connectivity index (χ2v) is 4.51. The van der Waals surface area contributed by atoms with Crippen LogP contribution in [0.2, 0.25) is 0 Å². The van der Waals surface area contributed by atoms with Gasteiger partial charge in [0.15, 0.2) is 0 Å². The Balaban J connectivity index is 2.64. The van der Waals surface area contributed by atoms with Crippen molar-refractivity contribution in [3.05, 3.63) is 35.9 Å². The smallest absolute Gasteiger partial charge is 0.0681 e. The zero-order valence-corrected chi connectivity index (χ0v) is 11.2. The van der Waals surface area contributed by atoms with Gasteiger partial charge < -0.3 is 20.9 Å². The molecule has 4 N–H and O–H groups in total. The van der Waals surface area contributed by atoms with Crippen molar-refractivity contribution in [2.24, 2.45) is 5.73 Å². The van der Waals surface area contributed by atoms with E-state index in [0.29, 0.717) is 0 Å². The van der Waals surface area contributed by atoms with E-state index in [2.05, 4.69) is 5.32 Å². The SMILES string of the molecule is COCCCNC(c1ccccc1)[C@H](N)[C@@H](C)O. The third-order valence-corrected chi connectivity index (χ3v) is 2.99. The number of benzene rings is 1. The van der Waals surface area contributed by atoms with E-state index in [9.17, 15) is 5.11 Å². The molecular formula is C14H24N2O2. The first-order valence-corrected chi connectivity index (χ1v) is 6.37. The molecule has 1 unspecified atom stereocenters. The molecule has 0 bridgehead atoms. The van der Waals surface area contributed by atoms with Crippen LogP contribution in [-0.2, 0) is 4.74 Å². The zero-order valence-electron chi connectivity index (χ0n) is 11.2. The summed E-state index contributed by atoms with van der Waals surface area (Å²) in [5.74, 6) is 0. The Bertz CT molecular complexity index is 317. The molecule has 3 atom stereocenters. The van der Waals surface area contributed by atoms with Crippen molar-refractivity contribution >= 4 is 0 Å². The number of ether oxygens (including phenoxy) is 1. The number of methoxy groups -OCH3 is 1. The Hall–Kier alpha value is -0.940. The fraction of sp³-hybridized carbons (Fsp3) is 0.571. The summed E-state index contributed by atoms with van der Waals surface area (Å²) in [5, 5.41) is 13.1. The molecular weight excluding hydrogens is 228 g/mol. The van der Waals surface area contributed by atoms with Crippen LogP contribution in [0.3, 0.4) is 0 Å². The molecule has 4 nitrogen and oxygen atoms in total. The van der Waals surface area contributed by atoms with E-state index in [-0.39, 0.29) is 12.1 Å². The van der Waals surface area contributed by atoms with Crippen LogP contribution < -0.4 is 11.1 Å². The van der Waals surface area contributed by atoms with Gasteiger partial charge in [0.1, 0.15) is 0 Å². The van der Waals surface area contributed by atoms with E-state index < -0.39 is 6.10 Å². The van der Waals surface area contributed by atoms with Gasteiger partial charge in [0.05, 0.1) is 6.10 Å². The van der Waals surface area contributed by atoms with Gasteiger partial charge in [-0.15, -0.1) is 0 Å². The van der Waals surface area contributed by atoms with Crippen molar-refractivity contribution in [1.29, 1.82) is 0 Å². The molecule has 4 heteroatoms. The fourth-order valence-corrected chi connectivity index (χ4v) is 1.89. The van der Waals surface area contributed by atoms with Gasteiger partial charge in [0.2, 0.25) is 0 Å². The predicted octanol–water partition coefficient (Wildman–Crippen LogP) is 1.06. The van der Waals surface area contributed by atoms with Crippen LogP contribution in [0.4, 0.5) is 0 Å². The minimum absolute atomic E-state index is 0.0388. The molecule has 0 fully saturated rings. The molecule has 0 aliphatic rings. The van der Waals surface area contributed by atoms with Gasteiger partial charge in [0.25, 0.3) is 0 Å². The normalized spacial score (nSPS) is 16.2. The lowest BCUT2D eigenvalue weighted by atomic mass is 9.96. The lowest BCUT2D eigenvalue weighted by Crippen LogP contribution is -2.45. The Labute approximate surface area is 109 Å². The average molecular weight is 252 g/mol. The summed E-state index contributed by atoms with van der Waals surface area (Å²) in [6, 6.07) is 9.62. The molecule has 0 radical (unpaired) electrons. The summed E-state index contributed by atoms with van der Waals surface area (Å²) in [4.78, 5) is 0. The molecule has 0 aliphatic carbocycles. The van der Waals surface area contributed by atoms with Crippen LogP contribution in [0.1, 0.15) is 24.9 Å². The molecule has 18 heavy (non-hydrogen) atoms. The highest BCUT2D eigenvalue weighted by molar-refractivity contribution is 5.21. The first-order chi connectivity index (χ1) is 8.66. The van der Waals surface area contributed by atoms with Crippen molar-refractivity contribution in [2.45, 2.75) is 31.5 Å². The summed E-state index contributed by atoms with van der Waals surface area (Å²) in [6.45, 7) is 3.25. The monoisotopic (exact) mass is 252 g/mol. The van der Waals surface area contributed by atoms with E-state index in [1.165, 1.54) is 0 Å². The minimum atomic E-state index is -0.551. The maximum Gasteiger partial charge on any atom is 0.0681 e. The number of aliphatic hydroxyl groups is 1. The minimum Gasteiger partial charge on any atom is -0.392 e. The number of rotatable bonds is 8. The molecule has 0 aliphatic heterocycles. The van der Waals surface area contributed by atoms with Gasteiger partial charge in [-0.2, -0.15) is 0 Å². The molecule has 0 heterocycles. The van der Waals surface area contributed by atoms with E-state index in [1.807, 2.05) is 30.3 Å². The number of nitrogens with one attached hydrogen (secondary N) is 1. The third kappa shape index (κ3) is 4.74. The highest BCUT2D eigenvalue weighted by Gasteiger charge is 2.22. The van der Waals surface area contributed by atoms with Crippen LogP contribution in [0, 0.1) is 0 Å². The molecule has 0 spiro atoms. The molecule has 1 aromatic rings. The van der Waals surface area contributed by atoms with E-state index in [4.69, 9.17) is 10.5 Å². The van der Waals surface area contributed by atoms with Crippen molar-refractivity contribution in [3.8, 4) is 0 Å². The Morgan fingerprint density at radius 3 is 2.56 bits per heavy atom. The van der Waals surface area contributed by atoms with Gasteiger partial charge in [0, 0.05) is 25.8 Å².